The smallest absolute Gasteiger partial charge is 0.123 e. The molecule has 0 bridgehead atoms. The van der Waals surface area contributed by atoms with Crippen molar-refractivity contribution < 1.29 is 8.78 Å². The highest BCUT2D eigenvalue weighted by Crippen LogP contribution is 2.42. The van der Waals surface area contributed by atoms with Crippen LogP contribution in [0.4, 0.5) is 42.9 Å². The van der Waals surface area contributed by atoms with Crippen molar-refractivity contribution in [2.75, 3.05) is 9.80 Å². The highest BCUT2D eigenvalue weighted by atomic mass is 19.1. The van der Waals surface area contributed by atoms with Crippen molar-refractivity contribution in [1.29, 1.82) is 0 Å². The second kappa shape index (κ2) is 17.3. The van der Waals surface area contributed by atoms with Gasteiger partial charge in [0.05, 0.1) is 22.1 Å². The molecular formula is C61H44F2N4. The van der Waals surface area contributed by atoms with Gasteiger partial charge in [-0.05, 0) is 152 Å². The van der Waals surface area contributed by atoms with Crippen molar-refractivity contribution >= 4 is 83.4 Å². The van der Waals surface area contributed by atoms with Gasteiger partial charge >= 0.3 is 0 Å². The molecule has 0 unspecified atom stereocenters. The summed E-state index contributed by atoms with van der Waals surface area (Å²) in [7, 11) is 0. The molecule has 0 saturated carbocycles. The van der Waals surface area contributed by atoms with Gasteiger partial charge in [-0.3, -0.25) is 0 Å². The molecule has 11 aromatic rings. The number of halogens is 2. The van der Waals surface area contributed by atoms with Crippen molar-refractivity contribution in [2.45, 2.75) is 6.92 Å². The van der Waals surface area contributed by atoms with Crippen molar-refractivity contribution in [3.05, 3.63) is 255 Å². The second-order valence-electron chi connectivity index (χ2n) is 16.5. The van der Waals surface area contributed by atoms with Gasteiger partial charge in [-0.25, -0.2) is 8.78 Å². The average molecular weight is 871 g/mol. The molecule has 0 aliphatic carbocycles. The van der Waals surface area contributed by atoms with E-state index in [1.54, 1.807) is 13.0 Å². The third-order valence-electron chi connectivity index (χ3n) is 12.5. The summed E-state index contributed by atoms with van der Waals surface area (Å²) in [5.41, 5.74) is 14.1. The van der Waals surface area contributed by atoms with Gasteiger partial charge in [-0.1, -0.05) is 110 Å². The molecule has 0 N–H and O–H groups in total. The molecule has 0 amide bonds. The normalized spacial score (nSPS) is 11.9. The van der Waals surface area contributed by atoms with Crippen LogP contribution in [0, 0.1) is 5.82 Å². The van der Waals surface area contributed by atoms with E-state index in [4.69, 9.17) is 0 Å². The zero-order valence-electron chi connectivity index (χ0n) is 36.8. The van der Waals surface area contributed by atoms with Gasteiger partial charge in [-0.2, -0.15) is 0 Å². The Balaban J connectivity index is 0.940. The van der Waals surface area contributed by atoms with Gasteiger partial charge in [-0.15, -0.1) is 0 Å². The van der Waals surface area contributed by atoms with Gasteiger partial charge in [0.25, 0.3) is 0 Å². The molecule has 67 heavy (non-hydrogen) atoms. The molecule has 0 atom stereocenters. The number of rotatable bonds is 11. The molecule has 4 nitrogen and oxygen atoms in total. The molecule has 322 valence electrons. The summed E-state index contributed by atoms with van der Waals surface area (Å²) < 4.78 is 32.4. The number of nitrogens with zero attached hydrogens (tertiary/aromatic N) is 4. The predicted octanol–water partition coefficient (Wildman–Crippen LogP) is 17.5. The number of aromatic nitrogens is 2. The lowest BCUT2D eigenvalue weighted by molar-refractivity contribution is 0.627. The Morgan fingerprint density at radius 2 is 0.851 bits per heavy atom. The third-order valence-corrected chi connectivity index (χ3v) is 12.5. The second-order valence-corrected chi connectivity index (χ2v) is 16.5. The Labute approximate surface area is 388 Å². The summed E-state index contributed by atoms with van der Waals surface area (Å²) in [5, 5.41) is 4.41. The van der Waals surface area contributed by atoms with Crippen LogP contribution in [0.15, 0.2) is 249 Å². The lowest BCUT2D eigenvalue weighted by Gasteiger charge is -2.26. The van der Waals surface area contributed by atoms with Crippen LogP contribution in [0.1, 0.15) is 6.92 Å². The van der Waals surface area contributed by atoms with Gasteiger partial charge in [0, 0.05) is 67.1 Å². The molecule has 0 radical (unpaired) electrons. The maximum Gasteiger partial charge on any atom is 0.123 e. The summed E-state index contributed by atoms with van der Waals surface area (Å²) >= 11 is 0. The Morgan fingerprint density at radius 3 is 1.40 bits per heavy atom. The molecule has 11 rings (SSSR count). The van der Waals surface area contributed by atoms with Crippen LogP contribution in [-0.2, 0) is 0 Å². The van der Waals surface area contributed by atoms with E-state index in [9.17, 15) is 8.78 Å². The summed E-state index contributed by atoms with van der Waals surface area (Å²) in [4.78, 5) is 4.57. The molecule has 6 heteroatoms. The van der Waals surface area contributed by atoms with Crippen LogP contribution in [0.2, 0.25) is 0 Å². The minimum absolute atomic E-state index is 0.257. The Bertz CT molecular complexity index is 3660. The molecule has 0 saturated heterocycles. The standard InChI is InChI=1S/C61H44F2N4/c1-3-45(62)27-22-42(2)64-58-20-12-10-18-54(58)56-40-52(36-38-60(56)64)65(47-14-6-4-7-15-47)49-30-23-43(24-31-49)44-25-32-50(33-26-44)66(48-16-8-5-9-17-48)53-37-39-61-57(41-53)55-19-11-13-21-59(55)67(61)51-34-28-46(63)29-35-51/h3-41H,2H2,1H3/b27-22-,45-3+. The maximum absolute atomic E-state index is 14.1. The predicted molar refractivity (Wildman–Crippen MR) is 278 cm³/mol. The lowest BCUT2D eigenvalue weighted by atomic mass is 10.0. The minimum atomic E-state index is -0.309. The first-order valence-corrected chi connectivity index (χ1v) is 22.4. The number of hydrogen-bond donors (Lipinski definition) is 0. The highest BCUT2D eigenvalue weighted by molar-refractivity contribution is 6.12. The van der Waals surface area contributed by atoms with E-state index in [1.165, 1.54) is 24.3 Å². The minimum Gasteiger partial charge on any atom is -0.310 e. The third kappa shape index (κ3) is 7.54. The number of allylic oxidation sites excluding steroid dienone is 5. The van der Waals surface area contributed by atoms with E-state index in [0.717, 1.165) is 94.6 Å². The summed E-state index contributed by atoms with van der Waals surface area (Å²) in [6, 6.07) is 74.8. The van der Waals surface area contributed by atoms with Crippen LogP contribution < -0.4 is 9.80 Å². The van der Waals surface area contributed by atoms with E-state index < -0.39 is 0 Å². The Kier molecular flexibility index (Phi) is 10.6. The van der Waals surface area contributed by atoms with Crippen LogP contribution in [0.25, 0.3) is 66.1 Å². The van der Waals surface area contributed by atoms with E-state index in [1.807, 2.05) is 42.5 Å². The highest BCUT2D eigenvalue weighted by Gasteiger charge is 2.20. The first-order valence-electron chi connectivity index (χ1n) is 22.4. The Hall–Kier alpha value is -8.74. The molecule has 2 aromatic heterocycles. The Morgan fingerprint density at radius 1 is 0.433 bits per heavy atom. The number of fused-ring (bicyclic) bond motifs is 6. The maximum atomic E-state index is 14.1. The lowest BCUT2D eigenvalue weighted by Crippen LogP contribution is -2.10. The van der Waals surface area contributed by atoms with Crippen LogP contribution in [-0.4, -0.2) is 9.13 Å². The SMILES string of the molecule is C=C(/C=C\C(F)=C/C)n1c2ccccc2c2cc(N(c3ccccc3)c3ccc(-c4ccc(N(c5ccccc5)c5ccc6c(c5)c5ccccc5n6-c5ccc(F)cc5)cc4)cc3)ccc21. The van der Waals surface area contributed by atoms with Gasteiger partial charge in [0.2, 0.25) is 0 Å². The molecular weight excluding hydrogens is 827 g/mol. The van der Waals surface area contributed by atoms with Gasteiger partial charge < -0.3 is 18.9 Å². The fourth-order valence-corrected chi connectivity index (χ4v) is 9.38. The zero-order valence-corrected chi connectivity index (χ0v) is 36.8. The van der Waals surface area contributed by atoms with E-state index in [-0.39, 0.29) is 11.6 Å². The van der Waals surface area contributed by atoms with Gasteiger partial charge in [0.1, 0.15) is 11.6 Å². The number of hydrogen-bond acceptors (Lipinski definition) is 2. The number of benzene rings is 9. The molecule has 0 spiro atoms. The van der Waals surface area contributed by atoms with E-state index in [0.29, 0.717) is 5.70 Å². The van der Waals surface area contributed by atoms with Crippen LogP contribution in [0.5, 0.6) is 0 Å². The first-order chi connectivity index (χ1) is 32.9. The number of anilines is 6. The van der Waals surface area contributed by atoms with Crippen molar-refractivity contribution in [2.24, 2.45) is 0 Å². The average Bonchev–Trinajstić information content (AvgIpc) is 3.89. The topological polar surface area (TPSA) is 16.3 Å². The van der Waals surface area contributed by atoms with E-state index >= 15 is 0 Å². The first kappa shape index (κ1) is 41.0. The quantitative estimate of drug-likeness (QED) is 0.120. The molecule has 2 heterocycles. The zero-order chi connectivity index (χ0) is 45.4. The number of para-hydroxylation sites is 4. The summed E-state index contributed by atoms with van der Waals surface area (Å²) in [6.07, 6.45) is 4.61. The summed E-state index contributed by atoms with van der Waals surface area (Å²) in [6.45, 7) is 6.00. The fourth-order valence-electron chi connectivity index (χ4n) is 9.38. The van der Waals surface area contributed by atoms with Crippen LogP contribution in [0.3, 0.4) is 0 Å². The fraction of sp³-hybridized carbons (Fsp3) is 0.0164. The van der Waals surface area contributed by atoms with Crippen molar-refractivity contribution in [1.82, 2.24) is 9.13 Å². The van der Waals surface area contributed by atoms with Gasteiger partial charge in [0.15, 0.2) is 0 Å². The molecule has 0 fully saturated rings. The molecule has 9 aromatic carbocycles. The van der Waals surface area contributed by atoms with Crippen molar-refractivity contribution in [3.8, 4) is 16.8 Å². The van der Waals surface area contributed by atoms with E-state index in [2.05, 4.69) is 189 Å². The van der Waals surface area contributed by atoms with Crippen LogP contribution >= 0.6 is 0 Å². The monoisotopic (exact) mass is 870 g/mol. The molecule has 0 aliphatic rings. The summed E-state index contributed by atoms with van der Waals surface area (Å²) in [5.74, 6) is -0.565. The van der Waals surface area contributed by atoms with Crippen molar-refractivity contribution in [3.63, 3.8) is 0 Å². The molecule has 0 aliphatic heterocycles. The largest absolute Gasteiger partial charge is 0.310 e.